The van der Waals surface area contributed by atoms with Crippen LogP contribution in [0.1, 0.15) is 54.9 Å². The zero-order valence-electron chi connectivity index (χ0n) is 79.6. The van der Waals surface area contributed by atoms with Gasteiger partial charge in [0.05, 0.1) is 67.3 Å². The summed E-state index contributed by atoms with van der Waals surface area (Å²) in [6.07, 6.45) is 0. The average molecular weight is 1810 g/mol. The molecule has 15 aromatic carbocycles. The van der Waals surface area contributed by atoms with Crippen molar-refractivity contribution in [2.75, 3.05) is 0 Å². The van der Waals surface area contributed by atoms with Gasteiger partial charge in [0.1, 0.15) is 0 Å². The summed E-state index contributed by atoms with van der Waals surface area (Å²) in [5.74, 6) is 1.38. The Balaban J connectivity index is 0.000000121. The summed E-state index contributed by atoms with van der Waals surface area (Å²) in [6.45, 7) is 16.8. The number of fused-ring (bicyclic) bond motifs is 9. The van der Waals surface area contributed by atoms with E-state index in [-0.39, 0.29) is 5.41 Å². The molecule has 0 fully saturated rings. The zero-order chi connectivity index (χ0) is 95.6. The summed E-state index contributed by atoms with van der Waals surface area (Å²) in [5.41, 5.74) is 41.1. The molecule has 11 nitrogen and oxygen atoms in total. The van der Waals surface area contributed by atoms with Crippen LogP contribution in [0.5, 0.6) is 0 Å². The van der Waals surface area contributed by atoms with E-state index in [2.05, 4.69) is 410 Å². The first-order valence-electron chi connectivity index (χ1n) is 47.8. The Hall–Kier alpha value is -17.9. The van der Waals surface area contributed by atoms with Crippen LogP contribution in [-0.4, -0.2) is 54.8 Å². The number of pyridine rings is 7. The van der Waals surface area contributed by atoms with Crippen molar-refractivity contribution in [3.05, 3.63) is 477 Å². The maximum absolute atomic E-state index is 5.24. The molecule has 0 aliphatic heterocycles. The molecule has 24 aromatic rings. The Kier molecular flexibility index (Phi) is 24.0. The maximum atomic E-state index is 5.24. The van der Waals surface area contributed by atoms with Gasteiger partial charge < -0.3 is 0 Å². The van der Waals surface area contributed by atoms with Crippen LogP contribution in [0.4, 0.5) is 0 Å². The quantitative estimate of drug-likeness (QED) is 0.0906. The van der Waals surface area contributed by atoms with Crippen LogP contribution in [0.3, 0.4) is 0 Å². The minimum atomic E-state index is -0.148. The van der Waals surface area contributed by atoms with E-state index in [1.165, 1.54) is 33.4 Å². The van der Waals surface area contributed by atoms with E-state index < -0.39 is 0 Å². The molecular weight excluding hydrogens is 1720 g/mol. The monoisotopic (exact) mass is 1810 g/mol. The van der Waals surface area contributed by atoms with Crippen LogP contribution in [0.2, 0.25) is 0 Å². The lowest BCUT2D eigenvalue weighted by atomic mass is 9.88. The van der Waals surface area contributed by atoms with E-state index in [1.54, 1.807) is 0 Å². The predicted octanol–water partition coefficient (Wildman–Crippen LogP) is 33.2. The standard InChI is InChI=1S/C45H36N4.C43H31N3.C42H30N4/c1-29-18-19-34-24-25-37-38(27-41(45(2,3)4)49-43(37)42(34)46-29)35-16-11-17-36(26-35)44-47-39(32-14-9-6-10-15-32)28-40(48-44)33-22-20-31(21-23-33)30-12-7-5-8-13-30;1-28-16-17-34-22-23-38-39(24-29(2)45-43(38)42(34)44-28)35-14-9-15-36(25-35)41-27-37(31-12-7-4-8-13-31)26-40(46-41)33-20-18-32(19-21-33)30-10-5-3-6-11-30;1-27-16-17-32-22-23-36-37(24-28(2)44-41(36)40(32)43-27)34-14-9-15-35(25-34)39-26-38(45-42(46-39)33-12-7-4-8-13-33)31-20-18-30(19-21-31)29-10-5-3-6-11-29/h5-28H,1-4H3;3-27H,1-2H3;3-26H,1-2H3. The lowest BCUT2D eigenvalue weighted by molar-refractivity contribution is 0.572. The topological polar surface area (TPSA) is 142 Å². The number of hydrogen-bond donors (Lipinski definition) is 0. The summed E-state index contributed by atoms with van der Waals surface area (Å²) >= 11 is 0. The van der Waals surface area contributed by atoms with Crippen LogP contribution < -0.4 is 0 Å². The third kappa shape index (κ3) is 18.8. The SMILES string of the molecule is Cc1ccc2ccc3c(-c4cccc(-c5cc(-c6ccc(-c7ccccc7)cc6)nc(-c6ccccc6)n5)c4)cc(C)nc3c2n1.Cc1ccc2ccc3c(-c4cccc(-c5cc(-c6ccccc6)cc(-c6ccc(-c7ccccc7)cc6)n5)c4)cc(C)nc3c2n1.Cc1ccc2ccc3c(-c4cccc(-c5nc(-c6ccccc6)cc(-c6ccc(-c7ccccc7)cc6)n5)c4)cc(C(C)(C)C)nc3c2n1. The first-order chi connectivity index (χ1) is 69.0. The molecule has 24 rings (SSSR count). The van der Waals surface area contributed by atoms with Crippen molar-refractivity contribution < 1.29 is 0 Å². The highest BCUT2D eigenvalue weighted by atomic mass is 14.9. The van der Waals surface area contributed by atoms with Gasteiger partial charge in [-0.1, -0.05) is 385 Å². The summed E-state index contributed by atoms with van der Waals surface area (Å²) in [7, 11) is 0. The summed E-state index contributed by atoms with van der Waals surface area (Å²) < 4.78 is 0. The highest BCUT2D eigenvalue weighted by Crippen LogP contribution is 2.43. The molecule has 0 N–H and O–H groups in total. The molecule has 0 amide bonds. The van der Waals surface area contributed by atoms with Gasteiger partial charge in [-0.25, -0.2) is 29.9 Å². The minimum Gasteiger partial charge on any atom is -0.251 e. The average Bonchev–Trinajstić information content (AvgIpc) is 0.762. The highest BCUT2D eigenvalue weighted by molar-refractivity contribution is 6.11. The molecule has 672 valence electrons. The van der Waals surface area contributed by atoms with Gasteiger partial charge in [-0.15, -0.1) is 0 Å². The Morgan fingerprint density at radius 2 is 0.397 bits per heavy atom. The minimum absolute atomic E-state index is 0.148. The van der Waals surface area contributed by atoms with E-state index in [1.807, 2.05) is 88.4 Å². The van der Waals surface area contributed by atoms with Crippen molar-refractivity contribution in [2.45, 2.75) is 60.8 Å². The first kappa shape index (κ1) is 88.4. The second-order valence-electron chi connectivity index (χ2n) is 37.1. The van der Waals surface area contributed by atoms with E-state index in [0.29, 0.717) is 11.6 Å². The molecule has 0 aliphatic rings. The van der Waals surface area contributed by atoms with Crippen LogP contribution in [0, 0.1) is 34.6 Å². The molecular formula is C130H97N11. The third-order valence-electron chi connectivity index (χ3n) is 26.1. The number of rotatable bonds is 15. The van der Waals surface area contributed by atoms with E-state index in [0.717, 1.165) is 223 Å². The third-order valence-corrected chi connectivity index (χ3v) is 26.1. The number of aryl methyl sites for hydroxylation is 5. The van der Waals surface area contributed by atoms with Crippen molar-refractivity contribution in [3.8, 4) is 168 Å². The first-order valence-corrected chi connectivity index (χ1v) is 47.8. The summed E-state index contributed by atoms with van der Waals surface area (Å²) in [5, 5.41) is 6.54. The van der Waals surface area contributed by atoms with Gasteiger partial charge >= 0.3 is 0 Å². The molecule has 0 saturated heterocycles. The summed E-state index contributed by atoms with van der Waals surface area (Å²) in [6, 6.07) is 155. The van der Waals surface area contributed by atoms with Crippen molar-refractivity contribution >= 4 is 65.4 Å². The van der Waals surface area contributed by atoms with Crippen LogP contribution in [0.15, 0.2) is 443 Å². The number of aromatic nitrogens is 11. The molecule has 9 aromatic heterocycles. The number of benzene rings is 15. The van der Waals surface area contributed by atoms with Gasteiger partial charge in [0.2, 0.25) is 0 Å². The molecule has 0 atom stereocenters. The summed E-state index contributed by atoms with van der Waals surface area (Å²) in [4.78, 5) is 55.5. The molecule has 9 heterocycles. The Morgan fingerprint density at radius 1 is 0.149 bits per heavy atom. The van der Waals surface area contributed by atoms with E-state index in [4.69, 9.17) is 54.8 Å². The van der Waals surface area contributed by atoms with Crippen molar-refractivity contribution in [3.63, 3.8) is 0 Å². The van der Waals surface area contributed by atoms with Gasteiger partial charge in [-0.2, -0.15) is 0 Å². The maximum Gasteiger partial charge on any atom is 0.160 e. The van der Waals surface area contributed by atoms with Crippen LogP contribution in [-0.2, 0) is 5.41 Å². The Bertz CT molecular complexity index is 8480. The van der Waals surface area contributed by atoms with Crippen LogP contribution >= 0.6 is 0 Å². The van der Waals surface area contributed by atoms with Crippen molar-refractivity contribution in [1.29, 1.82) is 0 Å². The van der Waals surface area contributed by atoms with Gasteiger partial charge in [-0.05, 0) is 191 Å². The van der Waals surface area contributed by atoms with Gasteiger partial charge in [0.25, 0.3) is 0 Å². The molecule has 141 heavy (non-hydrogen) atoms. The largest absolute Gasteiger partial charge is 0.251 e. The lowest BCUT2D eigenvalue weighted by Gasteiger charge is -2.21. The Morgan fingerprint density at radius 3 is 0.766 bits per heavy atom. The zero-order valence-corrected chi connectivity index (χ0v) is 79.6. The normalized spacial score (nSPS) is 11.4. The fourth-order valence-electron chi connectivity index (χ4n) is 18.7. The second-order valence-corrected chi connectivity index (χ2v) is 37.1. The van der Waals surface area contributed by atoms with E-state index >= 15 is 0 Å². The van der Waals surface area contributed by atoms with Gasteiger partial charge in [-0.3, -0.25) is 24.9 Å². The van der Waals surface area contributed by atoms with Gasteiger partial charge in [0, 0.05) is 116 Å². The fourth-order valence-corrected chi connectivity index (χ4v) is 18.7. The molecule has 0 aliphatic carbocycles. The van der Waals surface area contributed by atoms with E-state index in [9.17, 15) is 0 Å². The van der Waals surface area contributed by atoms with Crippen LogP contribution in [0.25, 0.3) is 234 Å². The molecule has 0 unspecified atom stereocenters. The predicted molar refractivity (Wildman–Crippen MR) is 584 cm³/mol. The fraction of sp³-hybridized carbons (Fsp3) is 0.0692. The van der Waals surface area contributed by atoms with Gasteiger partial charge in [0.15, 0.2) is 11.6 Å². The molecule has 11 heteroatoms. The lowest BCUT2D eigenvalue weighted by Crippen LogP contribution is -2.14. The smallest absolute Gasteiger partial charge is 0.160 e. The highest BCUT2D eigenvalue weighted by Gasteiger charge is 2.24. The Labute approximate surface area is 820 Å². The number of hydrogen-bond acceptors (Lipinski definition) is 11. The second kappa shape index (κ2) is 38.3. The molecule has 0 radical (unpaired) electrons. The van der Waals surface area contributed by atoms with Crippen molar-refractivity contribution in [1.82, 2.24) is 54.8 Å². The molecule has 0 bridgehead atoms. The molecule has 0 spiro atoms. The number of nitrogens with zero attached hydrogens (tertiary/aromatic N) is 11. The van der Waals surface area contributed by atoms with Crippen molar-refractivity contribution in [2.24, 2.45) is 0 Å². The molecule has 0 saturated carbocycles.